The van der Waals surface area contributed by atoms with E-state index in [0.717, 1.165) is 5.56 Å². The zero-order valence-electron chi connectivity index (χ0n) is 15.1. The summed E-state index contributed by atoms with van der Waals surface area (Å²) in [5, 5.41) is 21.9. The van der Waals surface area contributed by atoms with E-state index < -0.39 is 4.92 Å². The lowest BCUT2D eigenvalue weighted by Crippen LogP contribution is -2.14. The highest BCUT2D eigenvalue weighted by Gasteiger charge is 2.15. The Morgan fingerprint density at radius 2 is 2.00 bits per heavy atom. The van der Waals surface area contributed by atoms with E-state index in [4.69, 9.17) is 0 Å². The summed E-state index contributed by atoms with van der Waals surface area (Å²) in [6, 6.07) is 8.06. The summed E-state index contributed by atoms with van der Waals surface area (Å²) in [5.74, 6) is -0.207. The highest BCUT2D eigenvalue weighted by atomic mass is 16.6. The molecule has 140 valence electrons. The second kappa shape index (κ2) is 7.81. The molecule has 0 fully saturated rings. The van der Waals surface area contributed by atoms with Crippen molar-refractivity contribution in [3.8, 4) is 0 Å². The highest BCUT2D eigenvalue weighted by molar-refractivity contribution is 5.90. The topological polar surface area (TPSA) is 108 Å². The fourth-order valence-corrected chi connectivity index (χ4v) is 2.72. The maximum atomic E-state index is 12.1. The molecule has 0 aliphatic carbocycles. The average molecular weight is 368 g/mol. The van der Waals surface area contributed by atoms with Crippen LogP contribution in [0.25, 0.3) is 0 Å². The Labute approximate surface area is 155 Å². The Hall–Kier alpha value is -3.49. The van der Waals surface area contributed by atoms with Crippen LogP contribution in [0.1, 0.15) is 23.2 Å². The molecule has 1 N–H and O–H groups in total. The maximum Gasteiger partial charge on any atom is 0.309 e. The van der Waals surface area contributed by atoms with Crippen molar-refractivity contribution in [3.05, 3.63) is 69.8 Å². The number of aryl methyl sites for hydroxylation is 3. The van der Waals surface area contributed by atoms with Gasteiger partial charge in [0.15, 0.2) is 0 Å². The summed E-state index contributed by atoms with van der Waals surface area (Å²) in [4.78, 5) is 22.5. The summed E-state index contributed by atoms with van der Waals surface area (Å²) < 4.78 is 3.17. The van der Waals surface area contributed by atoms with Gasteiger partial charge in [0.1, 0.15) is 11.9 Å². The van der Waals surface area contributed by atoms with Crippen LogP contribution in [0, 0.1) is 24.0 Å². The zero-order valence-corrected chi connectivity index (χ0v) is 15.1. The van der Waals surface area contributed by atoms with E-state index in [0.29, 0.717) is 17.9 Å². The van der Waals surface area contributed by atoms with Crippen molar-refractivity contribution in [2.24, 2.45) is 0 Å². The van der Waals surface area contributed by atoms with E-state index >= 15 is 0 Å². The fourth-order valence-electron chi connectivity index (χ4n) is 2.72. The number of hydrogen-bond donors (Lipinski definition) is 1. The number of hydrogen-bond acceptors (Lipinski definition) is 5. The number of carbonyl (C=O) groups is 1. The van der Waals surface area contributed by atoms with Crippen LogP contribution in [0.5, 0.6) is 0 Å². The van der Waals surface area contributed by atoms with E-state index in [1.54, 1.807) is 24.0 Å². The van der Waals surface area contributed by atoms with Crippen LogP contribution in [0.15, 0.2) is 42.9 Å². The number of aromatic nitrogens is 4. The Morgan fingerprint density at radius 1 is 1.22 bits per heavy atom. The fraction of sp³-hybridized carbons (Fsp3) is 0.278. The standard InChI is InChI=1S/C18H20N6O3/c1-13-5-3-4-6-15(13)10-23-11-16(9-19-23)20-18(25)7-8-22-12-17(24(26)27)14(2)21-22/h3-6,9,11-12H,7-8,10H2,1-2H3,(H,20,25). The minimum atomic E-state index is -0.484. The second-order valence-corrected chi connectivity index (χ2v) is 6.27. The van der Waals surface area contributed by atoms with E-state index in [1.807, 2.05) is 31.2 Å². The van der Waals surface area contributed by atoms with Crippen molar-refractivity contribution >= 4 is 17.3 Å². The molecule has 0 atom stereocenters. The number of rotatable bonds is 7. The lowest BCUT2D eigenvalue weighted by atomic mass is 10.1. The molecule has 0 saturated carbocycles. The highest BCUT2D eigenvalue weighted by Crippen LogP contribution is 2.15. The Morgan fingerprint density at radius 3 is 2.70 bits per heavy atom. The smallest absolute Gasteiger partial charge is 0.309 e. The number of nitro groups is 1. The average Bonchev–Trinajstić information content (AvgIpc) is 3.21. The molecule has 0 bridgehead atoms. The SMILES string of the molecule is Cc1ccccc1Cn1cc(NC(=O)CCn2cc([N+](=O)[O-])c(C)n2)cn1. The van der Waals surface area contributed by atoms with Gasteiger partial charge in [-0.05, 0) is 25.0 Å². The van der Waals surface area contributed by atoms with Crippen LogP contribution >= 0.6 is 0 Å². The van der Waals surface area contributed by atoms with Crippen molar-refractivity contribution in [1.29, 1.82) is 0 Å². The van der Waals surface area contributed by atoms with E-state index in [-0.39, 0.29) is 24.6 Å². The number of carbonyl (C=O) groups excluding carboxylic acids is 1. The van der Waals surface area contributed by atoms with Gasteiger partial charge in [-0.3, -0.25) is 24.3 Å². The van der Waals surface area contributed by atoms with Crippen molar-refractivity contribution in [3.63, 3.8) is 0 Å². The minimum Gasteiger partial charge on any atom is -0.323 e. The molecule has 3 aromatic rings. The Bertz CT molecular complexity index is 975. The van der Waals surface area contributed by atoms with Gasteiger partial charge in [0.05, 0.1) is 23.4 Å². The molecule has 2 aromatic heterocycles. The summed E-state index contributed by atoms with van der Waals surface area (Å²) >= 11 is 0. The van der Waals surface area contributed by atoms with E-state index in [2.05, 4.69) is 15.5 Å². The molecular weight excluding hydrogens is 348 g/mol. The molecule has 3 rings (SSSR count). The molecule has 0 aliphatic heterocycles. The van der Waals surface area contributed by atoms with Crippen LogP contribution in [-0.4, -0.2) is 30.4 Å². The summed E-state index contributed by atoms with van der Waals surface area (Å²) in [6.07, 6.45) is 4.86. The largest absolute Gasteiger partial charge is 0.323 e. The van der Waals surface area contributed by atoms with Gasteiger partial charge in [-0.15, -0.1) is 0 Å². The predicted molar refractivity (Wildman–Crippen MR) is 99.4 cm³/mol. The number of benzene rings is 1. The molecule has 2 heterocycles. The van der Waals surface area contributed by atoms with Crippen LogP contribution in [-0.2, 0) is 17.9 Å². The lowest BCUT2D eigenvalue weighted by molar-refractivity contribution is -0.385. The quantitative estimate of drug-likeness (QED) is 0.509. The van der Waals surface area contributed by atoms with Gasteiger partial charge in [-0.25, -0.2) is 0 Å². The van der Waals surface area contributed by atoms with Crippen LogP contribution in [0.3, 0.4) is 0 Å². The number of amides is 1. The van der Waals surface area contributed by atoms with Gasteiger partial charge in [-0.1, -0.05) is 24.3 Å². The first kappa shape index (κ1) is 18.3. The molecule has 9 nitrogen and oxygen atoms in total. The monoisotopic (exact) mass is 368 g/mol. The van der Waals surface area contributed by atoms with Crippen LogP contribution in [0.2, 0.25) is 0 Å². The molecule has 9 heteroatoms. The molecule has 0 unspecified atom stereocenters. The molecule has 27 heavy (non-hydrogen) atoms. The van der Waals surface area contributed by atoms with Gasteiger partial charge in [0.2, 0.25) is 5.91 Å². The molecule has 0 saturated heterocycles. The van der Waals surface area contributed by atoms with Crippen LogP contribution < -0.4 is 5.32 Å². The van der Waals surface area contributed by atoms with Gasteiger partial charge in [0, 0.05) is 19.2 Å². The third-order valence-electron chi connectivity index (χ3n) is 4.20. The molecule has 0 aliphatic rings. The van der Waals surface area contributed by atoms with Gasteiger partial charge in [0.25, 0.3) is 0 Å². The van der Waals surface area contributed by atoms with Crippen molar-refractivity contribution in [2.45, 2.75) is 33.4 Å². The van der Waals surface area contributed by atoms with Crippen molar-refractivity contribution < 1.29 is 9.72 Å². The summed E-state index contributed by atoms with van der Waals surface area (Å²) in [6.45, 7) is 4.50. The predicted octanol–water partition coefficient (Wildman–Crippen LogP) is 2.68. The van der Waals surface area contributed by atoms with Crippen molar-refractivity contribution in [1.82, 2.24) is 19.6 Å². The van der Waals surface area contributed by atoms with Gasteiger partial charge >= 0.3 is 5.69 Å². The number of anilines is 1. The maximum absolute atomic E-state index is 12.1. The Kier molecular flexibility index (Phi) is 5.30. The van der Waals surface area contributed by atoms with Crippen LogP contribution in [0.4, 0.5) is 11.4 Å². The molecule has 0 radical (unpaired) electrons. The first-order valence-electron chi connectivity index (χ1n) is 8.47. The van der Waals surface area contributed by atoms with E-state index in [9.17, 15) is 14.9 Å². The van der Waals surface area contributed by atoms with Gasteiger partial charge < -0.3 is 5.32 Å². The Balaban J connectivity index is 1.54. The molecule has 1 amide bonds. The van der Waals surface area contributed by atoms with E-state index in [1.165, 1.54) is 16.4 Å². The second-order valence-electron chi connectivity index (χ2n) is 6.27. The summed E-state index contributed by atoms with van der Waals surface area (Å²) in [5.41, 5.74) is 3.23. The molecule has 0 spiro atoms. The van der Waals surface area contributed by atoms with Crippen molar-refractivity contribution in [2.75, 3.05) is 5.32 Å². The summed E-state index contributed by atoms with van der Waals surface area (Å²) in [7, 11) is 0. The lowest BCUT2D eigenvalue weighted by Gasteiger charge is -2.05. The zero-order chi connectivity index (χ0) is 19.4. The van der Waals surface area contributed by atoms with Gasteiger partial charge in [-0.2, -0.15) is 10.2 Å². The molecule has 1 aromatic carbocycles. The third kappa shape index (κ3) is 4.57. The first-order valence-corrected chi connectivity index (χ1v) is 8.47. The third-order valence-corrected chi connectivity index (χ3v) is 4.20. The first-order chi connectivity index (χ1) is 12.9. The minimum absolute atomic E-state index is 0.0483. The normalized spacial score (nSPS) is 10.7. The number of nitrogens with zero attached hydrogens (tertiary/aromatic N) is 5. The molecular formula is C18H20N6O3. The number of nitrogens with one attached hydrogen (secondary N) is 1.